The van der Waals surface area contributed by atoms with Crippen LogP contribution in [0.2, 0.25) is 0 Å². The summed E-state index contributed by atoms with van der Waals surface area (Å²) in [6.45, 7) is 6.66. The van der Waals surface area contributed by atoms with Gasteiger partial charge in [0.1, 0.15) is 12.4 Å². The molecule has 3 heterocycles. The van der Waals surface area contributed by atoms with Crippen LogP contribution in [-0.2, 0) is 16.1 Å². The Kier molecular flexibility index (Phi) is 4.83. The Balaban J connectivity index is 1.62. The zero-order chi connectivity index (χ0) is 17.3. The number of nitrogens with two attached hydrogens (primary N) is 1. The minimum absolute atomic E-state index is 0.00526. The molecule has 0 radical (unpaired) electrons. The molecule has 3 rings (SSSR count). The number of hydrogen-bond acceptors (Lipinski definition) is 5. The molecule has 0 bridgehead atoms. The summed E-state index contributed by atoms with van der Waals surface area (Å²) < 4.78 is 6.96. The molecule has 1 amide bonds. The van der Waals surface area contributed by atoms with Gasteiger partial charge in [0.05, 0.1) is 11.3 Å². The van der Waals surface area contributed by atoms with Gasteiger partial charge >= 0.3 is 0 Å². The average Bonchev–Trinajstić information content (AvgIpc) is 2.88. The first-order chi connectivity index (χ1) is 11.4. The van der Waals surface area contributed by atoms with Gasteiger partial charge in [-0.15, -0.1) is 0 Å². The van der Waals surface area contributed by atoms with E-state index in [-0.39, 0.29) is 24.3 Å². The second kappa shape index (κ2) is 6.72. The molecule has 2 saturated heterocycles. The van der Waals surface area contributed by atoms with Crippen LogP contribution in [0.3, 0.4) is 0 Å². The lowest BCUT2D eigenvalue weighted by Crippen LogP contribution is -2.57. The minimum atomic E-state index is -0.693. The van der Waals surface area contributed by atoms with Crippen LogP contribution >= 0.6 is 0 Å². The zero-order valence-corrected chi connectivity index (χ0v) is 14.6. The second-order valence-corrected chi connectivity index (χ2v) is 7.24. The molecule has 2 fully saturated rings. The van der Waals surface area contributed by atoms with Gasteiger partial charge in [-0.05, 0) is 32.1 Å². The molecular weight excluding hydrogens is 308 g/mol. The van der Waals surface area contributed by atoms with E-state index < -0.39 is 5.60 Å². The standard InChI is InChI=1S/C17H28N4O3/c1-12-10-20(16(22)11-21-15(18)9-13(2)19-21)6-5-17(12,23)14-3-7-24-8-4-14/h9,12,14,23H,3-8,10-11,18H2,1-2H3/t12-,17+/m1/s1. The first kappa shape index (κ1) is 17.2. The maximum atomic E-state index is 12.6. The molecule has 2 atom stereocenters. The molecule has 1 aromatic rings. The van der Waals surface area contributed by atoms with E-state index >= 15 is 0 Å². The van der Waals surface area contributed by atoms with Crippen molar-refractivity contribution in [2.45, 2.75) is 45.3 Å². The summed E-state index contributed by atoms with van der Waals surface area (Å²) in [5.74, 6) is 0.827. The molecule has 0 spiro atoms. The van der Waals surface area contributed by atoms with Crippen molar-refractivity contribution < 1.29 is 14.6 Å². The molecule has 0 unspecified atom stereocenters. The predicted octanol–water partition coefficient (Wildman–Crippen LogP) is 0.800. The maximum absolute atomic E-state index is 12.6. The number of nitrogen functional groups attached to an aromatic ring is 1. The topological polar surface area (TPSA) is 93.6 Å². The van der Waals surface area contributed by atoms with E-state index in [1.54, 1.807) is 10.7 Å². The molecule has 2 aliphatic rings. The molecule has 7 nitrogen and oxygen atoms in total. The van der Waals surface area contributed by atoms with Crippen LogP contribution in [-0.4, -0.2) is 57.6 Å². The summed E-state index contributed by atoms with van der Waals surface area (Å²) in [6.07, 6.45) is 2.42. The molecular formula is C17H28N4O3. The molecule has 3 N–H and O–H groups in total. The van der Waals surface area contributed by atoms with E-state index in [0.717, 1.165) is 31.7 Å². The van der Waals surface area contributed by atoms with Gasteiger partial charge in [-0.25, -0.2) is 4.68 Å². The smallest absolute Gasteiger partial charge is 0.244 e. The number of ether oxygens (including phenoxy) is 1. The molecule has 134 valence electrons. The Hall–Kier alpha value is -1.60. The van der Waals surface area contributed by atoms with Crippen LogP contribution in [0, 0.1) is 18.8 Å². The van der Waals surface area contributed by atoms with Crippen LogP contribution in [0.1, 0.15) is 31.9 Å². The summed E-state index contributed by atoms with van der Waals surface area (Å²) in [6, 6.07) is 1.76. The number of aromatic nitrogens is 2. The third kappa shape index (κ3) is 3.28. The van der Waals surface area contributed by atoms with Gasteiger partial charge in [0.25, 0.3) is 0 Å². The lowest BCUT2D eigenvalue weighted by Gasteiger charge is -2.48. The summed E-state index contributed by atoms with van der Waals surface area (Å²) >= 11 is 0. The van der Waals surface area contributed by atoms with Crippen LogP contribution in [0.25, 0.3) is 0 Å². The quantitative estimate of drug-likeness (QED) is 0.851. The van der Waals surface area contributed by atoms with Crippen LogP contribution in [0.15, 0.2) is 6.07 Å². The number of amides is 1. The van der Waals surface area contributed by atoms with E-state index in [4.69, 9.17) is 10.5 Å². The number of anilines is 1. The number of piperidine rings is 1. The van der Waals surface area contributed by atoms with E-state index in [9.17, 15) is 9.90 Å². The van der Waals surface area contributed by atoms with Gasteiger partial charge in [-0.2, -0.15) is 5.10 Å². The lowest BCUT2D eigenvalue weighted by molar-refractivity contribution is -0.151. The van der Waals surface area contributed by atoms with Gasteiger partial charge in [0.2, 0.25) is 5.91 Å². The summed E-state index contributed by atoms with van der Waals surface area (Å²) in [5.41, 5.74) is 5.98. The number of carbonyl (C=O) groups is 1. The van der Waals surface area contributed by atoms with E-state index in [1.807, 2.05) is 18.7 Å². The van der Waals surface area contributed by atoms with Crippen molar-refractivity contribution in [2.24, 2.45) is 11.8 Å². The van der Waals surface area contributed by atoms with Gasteiger partial charge in [-0.3, -0.25) is 4.79 Å². The first-order valence-corrected chi connectivity index (χ1v) is 8.78. The highest BCUT2D eigenvalue weighted by Crippen LogP contribution is 2.39. The molecule has 1 aromatic heterocycles. The van der Waals surface area contributed by atoms with Gasteiger partial charge in [0.15, 0.2) is 0 Å². The molecule has 0 aromatic carbocycles. The van der Waals surface area contributed by atoms with Gasteiger partial charge < -0.3 is 20.5 Å². The first-order valence-electron chi connectivity index (χ1n) is 8.78. The highest BCUT2D eigenvalue weighted by Gasteiger charge is 2.45. The summed E-state index contributed by atoms with van der Waals surface area (Å²) in [7, 11) is 0. The maximum Gasteiger partial charge on any atom is 0.244 e. The Bertz CT molecular complexity index is 597. The van der Waals surface area contributed by atoms with Crippen molar-refractivity contribution >= 4 is 11.7 Å². The normalized spacial score (nSPS) is 29.0. The summed E-state index contributed by atoms with van der Waals surface area (Å²) in [5, 5.41) is 15.4. The number of aliphatic hydroxyl groups is 1. The summed E-state index contributed by atoms with van der Waals surface area (Å²) in [4.78, 5) is 14.4. The Morgan fingerprint density at radius 1 is 1.50 bits per heavy atom. The van der Waals surface area contributed by atoms with Gasteiger partial charge in [0, 0.05) is 38.3 Å². The molecule has 0 aliphatic carbocycles. The van der Waals surface area contributed by atoms with Gasteiger partial charge in [-0.1, -0.05) is 6.92 Å². The third-order valence-corrected chi connectivity index (χ3v) is 5.63. The van der Waals surface area contributed by atoms with Crippen LogP contribution < -0.4 is 5.73 Å². The fourth-order valence-electron chi connectivity index (χ4n) is 4.09. The number of aryl methyl sites for hydroxylation is 1. The second-order valence-electron chi connectivity index (χ2n) is 7.24. The fourth-order valence-corrected chi connectivity index (χ4v) is 4.09. The molecule has 0 saturated carbocycles. The number of likely N-dealkylation sites (tertiary alicyclic amines) is 1. The fraction of sp³-hybridized carbons (Fsp3) is 0.765. The number of nitrogens with zero attached hydrogens (tertiary/aromatic N) is 3. The predicted molar refractivity (Wildman–Crippen MR) is 90.2 cm³/mol. The minimum Gasteiger partial charge on any atom is -0.389 e. The molecule has 24 heavy (non-hydrogen) atoms. The largest absolute Gasteiger partial charge is 0.389 e. The zero-order valence-electron chi connectivity index (χ0n) is 14.6. The number of rotatable bonds is 3. The van der Waals surface area contributed by atoms with Crippen molar-refractivity contribution in [2.75, 3.05) is 32.0 Å². The van der Waals surface area contributed by atoms with Crippen molar-refractivity contribution in [3.8, 4) is 0 Å². The van der Waals surface area contributed by atoms with Crippen LogP contribution in [0.4, 0.5) is 5.82 Å². The Morgan fingerprint density at radius 3 is 2.79 bits per heavy atom. The Morgan fingerprint density at radius 2 is 2.21 bits per heavy atom. The van der Waals surface area contributed by atoms with Crippen LogP contribution in [0.5, 0.6) is 0 Å². The van der Waals surface area contributed by atoms with E-state index in [2.05, 4.69) is 5.10 Å². The molecule has 2 aliphatic heterocycles. The molecule has 7 heteroatoms. The highest BCUT2D eigenvalue weighted by molar-refractivity contribution is 5.76. The highest BCUT2D eigenvalue weighted by atomic mass is 16.5. The average molecular weight is 336 g/mol. The van der Waals surface area contributed by atoms with Crippen molar-refractivity contribution in [1.82, 2.24) is 14.7 Å². The van der Waals surface area contributed by atoms with Crippen molar-refractivity contribution in [1.29, 1.82) is 0 Å². The SMILES string of the molecule is Cc1cc(N)n(CC(=O)N2CC[C@@](O)(C3CCOCC3)[C@H](C)C2)n1. The number of carbonyl (C=O) groups excluding carboxylic acids is 1. The monoisotopic (exact) mass is 336 g/mol. The van der Waals surface area contributed by atoms with Crippen molar-refractivity contribution in [3.63, 3.8) is 0 Å². The Labute approximate surface area is 142 Å². The third-order valence-electron chi connectivity index (χ3n) is 5.63. The van der Waals surface area contributed by atoms with E-state index in [0.29, 0.717) is 25.3 Å². The lowest BCUT2D eigenvalue weighted by atomic mass is 9.70. The van der Waals surface area contributed by atoms with Crippen molar-refractivity contribution in [3.05, 3.63) is 11.8 Å². The number of hydrogen-bond donors (Lipinski definition) is 2. The van der Waals surface area contributed by atoms with E-state index in [1.165, 1.54) is 0 Å².